The molecule has 0 saturated carbocycles. The van der Waals surface area contributed by atoms with Crippen LogP contribution in [0.3, 0.4) is 0 Å². The lowest BCUT2D eigenvalue weighted by Crippen LogP contribution is -2.42. The third-order valence-corrected chi connectivity index (χ3v) is 3.09. The maximum Gasteiger partial charge on any atom is 0.333 e. The Hall–Kier alpha value is -1.55. The van der Waals surface area contributed by atoms with Crippen LogP contribution in [0.2, 0.25) is 0 Å². The molecule has 2 rings (SSSR count). The van der Waals surface area contributed by atoms with Crippen molar-refractivity contribution in [2.45, 2.75) is 26.7 Å². The first-order chi connectivity index (χ1) is 8.16. The van der Waals surface area contributed by atoms with Gasteiger partial charge in [0.2, 0.25) is 0 Å². The molecule has 0 aromatic heterocycles. The Bertz CT molecular complexity index is 391. The van der Waals surface area contributed by atoms with E-state index in [-0.39, 0.29) is 6.03 Å². The first-order valence-corrected chi connectivity index (χ1v) is 6.05. The van der Waals surface area contributed by atoms with E-state index >= 15 is 0 Å². The van der Waals surface area contributed by atoms with E-state index in [2.05, 4.69) is 10.7 Å². The van der Waals surface area contributed by atoms with Crippen LogP contribution in [-0.2, 0) is 0 Å². The van der Waals surface area contributed by atoms with Gasteiger partial charge in [-0.3, -0.25) is 5.43 Å². The number of benzene rings is 1. The maximum atomic E-state index is 11.8. The fraction of sp³-hybridized carbons (Fsp3) is 0.462. The van der Waals surface area contributed by atoms with Crippen molar-refractivity contribution in [3.63, 3.8) is 0 Å². The highest BCUT2D eigenvalue weighted by atomic mass is 16.2. The molecule has 2 amide bonds. The largest absolute Gasteiger partial charge is 0.333 e. The molecule has 1 saturated heterocycles. The van der Waals surface area contributed by atoms with Crippen LogP contribution in [0.25, 0.3) is 0 Å². The maximum absolute atomic E-state index is 11.8. The molecule has 2 N–H and O–H groups in total. The zero-order valence-electron chi connectivity index (χ0n) is 10.4. The van der Waals surface area contributed by atoms with E-state index in [9.17, 15) is 4.79 Å². The molecule has 0 unspecified atom stereocenters. The predicted octanol–water partition coefficient (Wildman–Crippen LogP) is 2.44. The van der Waals surface area contributed by atoms with E-state index < -0.39 is 0 Å². The molecule has 1 aromatic carbocycles. The number of amides is 2. The summed E-state index contributed by atoms with van der Waals surface area (Å²) in [5, 5.41) is 4.87. The number of anilines is 1. The molecule has 1 aliphatic heterocycles. The van der Waals surface area contributed by atoms with Crippen LogP contribution in [0, 0.1) is 13.8 Å². The van der Waals surface area contributed by atoms with Crippen LogP contribution in [0.4, 0.5) is 10.5 Å². The molecule has 1 heterocycles. The number of para-hydroxylation sites is 1. The van der Waals surface area contributed by atoms with E-state index in [0.29, 0.717) is 0 Å². The van der Waals surface area contributed by atoms with E-state index in [1.165, 1.54) is 0 Å². The molecular formula is C13H19N3O. The molecule has 92 valence electrons. The second-order valence-corrected chi connectivity index (χ2v) is 4.53. The standard InChI is InChI=1S/C13H19N3O/c1-10-6-5-7-11(2)12(10)14-13(17)15-16-8-3-4-9-16/h5-7H,3-4,8-9H2,1-2H3,(H2,14,15,17). The van der Waals surface area contributed by atoms with Crippen LogP contribution in [0.1, 0.15) is 24.0 Å². The summed E-state index contributed by atoms with van der Waals surface area (Å²) in [4.78, 5) is 11.8. The minimum atomic E-state index is -0.149. The Morgan fingerprint density at radius 1 is 1.18 bits per heavy atom. The van der Waals surface area contributed by atoms with E-state index in [1.807, 2.05) is 37.1 Å². The van der Waals surface area contributed by atoms with Gasteiger partial charge in [0.15, 0.2) is 0 Å². The quantitative estimate of drug-likeness (QED) is 0.824. The average Bonchev–Trinajstić information content (AvgIpc) is 2.76. The number of hydrogen-bond acceptors (Lipinski definition) is 2. The second-order valence-electron chi connectivity index (χ2n) is 4.53. The van der Waals surface area contributed by atoms with Crippen molar-refractivity contribution in [1.82, 2.24) is 10.4 Å². The number of nitrogens with one attached hydrogen (secondary N) is 2. The molecule has 0 aliphatic carbocycles. The number of rotatable bonds is 2. The Morgan fingerprint density at radius 2 is 1.76 bits per heavy atom. The van der Waals surface area contributed by atoms with Gasteiger partial charge in [-0.25, -0.2) is 9.80 Å². The van der Waals surface area contributed by atoms with Crippen molar-refractivity contribution in [2.24, 2.45) is 0 Å². The molecular weight excluding hydrogens is 214 g/mol. The Kier molecular flexibility index (Phi) is 3.64. The topological polar surface area (TPSA) is 44.4 Å². The van der Waals surface area contributed by atoms with Gasteiger partial charge in [0.1, 0.15) is 0 Å². The molecule has 0 bridgehead atoms. The molecule has 17 heavy (non-hydrogen) atoms. The number of hydrogen-bond donors (Lipinski definition) is 2. The van der Waals surface area contributed by atoms with Gasteiger partial charge in [0.25, 0.3) is 0 Å². The zero-order valence-corrected chi connectivity index (χ0v) is 10.4. The first-order valence-electron chi connectivity index (χ1n) is 6.05. The van der Waals surface area contributed by atoms with Crippen molar-refractivity contribution >= 4 is 11.7 Å². The number of carbonyl (C=O) groups excluding carboxylic acids is 1. The number of nitrogens with zero attached hydrogens (tertiary/aromatic N) is 1. The van der Waals surface area contributed by atoms with Crippen LogP contribution < -0.4 is 10.7 Å². The van der Waals surface area contributed by atoms with Gasteiger partial charge in [-0.2, -0.15) is 0 Å². The van der Waals surface area contributed by atoms with E-state index in [4.69, 9.17) is 0 Å². The van der Waals surface area contributed by atoms with Crippen LogP contribution in [-0.4, -0.2) is 24.1 Å². The Morgan fingerprint density at radius 3 is 2.35 bits per heavy atom. The van der Waals surface area contributed by atoms with Crippen LogP contribution >= 0.6 is 0 Å². The van der Waals surface area contributed by atoms with Gasteiger partial charge < -0.3 is 5.32 Å². The molecule has 0 spiro atoms. The summed E-state index contributed by atoms with van der Waals surface area (Å²) in [7, 11) is 0. The second kappa shape index (κ2) is 5.19. The molecule has 1 aromatic rings. The zero-order chi connectivity index (χ0) is 12.3. The van der Waals surface area contributed by atoms with E-state index in [0.717, 1.165) is 42.7 Å². The third-order valence-electron chi connectivity index (χ3n) is 3.09. The lowest BCUT2D eigenvalue weighted by atomic mass is 10.1. The van der Waals surface area contributed by atoms with Crippen molar-refractivity contribution in [2.75, 3.05) is 18.4 Å². The number of hydrazine groups is 1. The molecule has 0 atom stereocenters. The van der Waals surface area contributed by atoms with Gasteiger partial charge in [-0.15, -0.1) is 0 Å². The van der Waals surface area contributed by atoms with Crippen LogP contribution in [0.15, 0.2) is 18.2 Å². The normalized spacial score (nSPS) is 15.9. The third kappa shape index (κ3) is 2.97. The summed E-state index contributed by atoms with van der Waals surface area (Å²) in [6.45, 7) is 5.89. The highest BCUT2D eigenvalue weighted by molar-refractivity contribution is 5.90. The fourth-order valence-corrected chi connectivity index (χ4v) is 2.13. The summed E-state index contributed by atoms with van der Waals surface area (Å²) in [5.41, 5.74) is 5.94. The Labute approximate surface area is 102 Å². The lowest BCUT2D eigenvalue weighted by molar-refractivity contribution is 0.209. The van der Waals surface area contributed by atoms with Gasteiger partial charge in [-0.05, 0) is 37.8 Å². The smallest absolute Gasteiger partial charge is 0.306 e. The number of aryl methyl sites for hydroxylation is 2. The summed E-state index contributed by atoms with van der Waals surface area (Å²) in [6.07, 6.45) is 2.31. The van der Waals surface area contributed by atoms with Gasteiger partial charge in [0.05, 0.1) is 0 Å². The monoisotopic (exact) mass is 233 g/mol. The summed E-state index contributed by atoms with van der Waals surface area (Å²) >= 11 is 0. The highest BCUT2D eigenvalue weighted by Gasteiger charge is 2.14. The van der Waals surface area contributed by atoms with Gasteiger partial charge in [0, 0.05) is 18.8 Å². The molecule has 1 aliphatic rings. The number of carbonyl (C=O) groups is 1. The molecule has 1 fully saturated rings. The van der Waals surface area contributed by atoms with Crippen molar-refractivity contribution in [1.29, 1.82) is 0 Å². The SMILES string of the molecule is Cc1cccc(C)c1NC(=O)NN1CCCC1. The Balaban J connectivity index is 1.97. The lowest BCUT2D eigenvalue weighted by Gasteiger charge is -2.18. The minimum absolute atomic E-state index is 0.149. The summed E-state index contributed by atoms with van der Waals surface area (Å²) < 4.78 is 0. The minimum Gasteiger partial charge on any atom is -0.306 e. The van der Waals surface area contributed by atoms with Crippen molar-refractivity contribution < 1.29 is 4.79 Å². The van der Waals surface area contributed by atoms with Crippen molar-refractivity contribution in [3.05, 3.63) is 29.3 Å². The van der Waals surface area contributed by atoms with Gasteiger partial charge in [-0.1, -0.05) is 18.2 Å². The summed E-state index contributed by atoms with van der Waals surface area (Å²) in [5.74, 6) is 0. The fourth-order valence-electron chi connectivity index (χ4n) is 2.13. The molecule has 0 radical (unpaired) electrons. The molecule has 4 nitrogen and oxygen atoms in total. The van der Waals surface area contributed by atoms with Gasteiger partial charge >= 0.3 is 6.03 Å². The molecule has 4 heteroatoms. The van der Waals surface area contributed by atoms with E-state index in [1.54, 1.807) is 0 Å². The van der Waals surface area contributed by atoms with Crippen molar-refractivity contribution in [3.8, 4) is 0 Å². The summed E-state index contributed by atoms with van der Waals surface area (Å²) in [6, 6.07) is 5.84. The predicted molar refractivity (Wildman–Crippen MR) is 68.9 cm³/mol. The average molecular weight is 233 g/mol. The number of urea groups is 1. The first kappa shape index (κ1) is 11.9. The van der Waals surface area contributed by atoms with Crippen LogP contribution in [0.5, 0.6) is 0 Å². The highest BCUT2D eigenvalue weighted by Crippen LogP contribution is 2.19.